The lowest BCUT2D eigenvalue weighted by atomic mass is 10.1. The summed E-state index contributed by atoms with van der Waals surface area (Å²) < 4.78 is 17.9. The van der Waals surface area contributed by atoms with Crippen LogP contribution in [0.15, 0.2) is 157 Å². The van der Waals surface area contributed by atoms with Gasteiger partial charge in [-0.1, -0.05) is 95.1 Å². The van der Waals surface area contributed by atoms with Crippen molar-refractivity contribution in [2.75, 3.05) is 16.9 Å². The molecular weight excluding hydrogens is 669 g/mol. The van der Waals surface area contributed by atoms with Gasteiger partial charge in [0.2, 0.25) is 0 Å². The zero-order valence-corrected chi connectivity index (χ0v) is 31.5. The van der Waals surface area contributed by atoms with Gasteiger partial charge in [0.05, 0.1) is 0 Å². The van der Waals surface area contributed by atoms with Gasteiger partial charge in [0, 0.05) is 48.2 Å². The molecule has 0 unspecified atom stereocenters. The number of aryl methyl sites for hydroxylation is 4. The Morgan fingerprint density at radius 1 is 0.481 bits per heavy atom. The van der Waals surface area contributed by atoms with Gasteiger partial charge in [-0.05, 0) is 124 Å². The molecule has 0 saturated carbocycles. The normalized spacial score (nSPS) is 16.9. The highest BCUT2D eigenvalue weighted by molar-refractivity contribution is 6.11. The zero-order valence-electron chi connectivity index (χ0n) is 31.5. The molecule has 54 heavy (non-hydrogen) atoms. The molecule has 1 heterocycles. The van der Waals surface area contributed by atoms with E-state index in [0.29, 0.717) is 0 Å². The molecule has 6 nitrogen and oxygen atoms in total. The van der Waals surface area contributed by atoms with Crippen LogP contribution in [0.3, 0.4) is 0 Å². The predicted octanol–water partition coefficient (Wildman–Crippen LogP) is 12.2. The quantitative estimate of drug-likeness (QED) is 0.139. The van der Waals surface area contributed by atoms with E-state index in [-0.39, 0.29) is 17.3 Å². The van der Waals surface area contributed by atoms with Crippen LogP contribution in [0.5, 0.6) is 0 Å². The summed E-state index contributed by atoms with van der Waals surface area (Å²) in [4.78, 5) is 18.5. The highest BCUT2D eigenvalue weighted by Crippen LogP contribution is 2.38. The highest BCUT2D eigenvalue weighted by Gasteiger charge is 2.40. The average molecular weight is 713 g/mol. The van der Waals surface area contributed by atoms with Crippen molar-refractivity contribution in [3.63, 3.8) is 0 Å². The van der Waals surface area contributed by atoms with Gasteiger partial charge >= 0.3 is 5.97 Å². The van der Waals surface area contributed by atoms with Crippen LogP contribution in [0.2, 0.25) is 0 Å². The molecule has 6 heteroatoms. The summed E-state index contributed by atoms with van der Waals surface area (Å²) in [7, 11) is 1.49. The van der Waals surface area contributed by atoms with E-state index in [1.165, 1.54) is 29.4 Å². The minimum atomic E-state index is -1.52. The van der Waals surface area contributed by atoms with E-state index in [4.69, 9.17) is 14.2 Å². The van der Waals surface area contributed by atoms with Crippen LogP contribution in [-0.4, -0.2) is 18.9 Å². The minimum absolute atomic E-state index is 0.114. The van der Waals surface area contributed by atoms with Gasteiger partial charge in [0.15, 0.2) is 11.5 Å². The Morgan fingerprint density at radius 3 is 1.09 bits per heavy atom. The Bertz CT molecular complexity index is 2070. The summed E-state index contributed by atoms with van der Waals surface area (Å²) >= 11 is 0. The first kappa shape index (κ1) is 36.0. The Hall–Kier alpha value is -6.37. The number of methoxy groups -OCH3 is 1. The lowest BCUT2D eigenvalue weighted by Gasteiger charge is -2.34. The van der Waals surface area contributed by atoms with Crippen molar-refractivity contribution in [3.8, 4) is 0 Å². The molecule has 1 aliphatic heterocycles. The first-order valence-electron chi connectivity index (χ1n) is 18.1. The molecule has 0 aliphatic carbocycles. The van der Waals surface area contributed by atoms with Crippen molar-refractivity contribution >= 4 is 52.1 Å². The van der Waals surface area contributed by atoms with Gasteiger partial charge in [-0.3, -0.25) is 4.79 Å². The van der Waals surface area contributed by atoms with E-state index >= 15 is 0 Å². The zero-order chi connectivity index (χ0) is 37.8. The second-order valence-corrected chi connectivity index (χ2v) is 13.8. The van der Waals surface area contributed by atoms with Crippen molar-refractivity contribution in [2.24, 2.45) is 0 Å². The number of ketones is 1. The van der Waals surface area contributed by atoms with Gasteiger partial charge in [-0.25, -0.2) is 0 Å². The summed E-state index contributed by atoms with van der Waals surface area (Å²) in [6.45, 7) is 9.97. The van der Waals surface area contributed by atoms with Crippen LogP contribution in [-0.2, 0) is 19.0 Å². The van der Waals surface area contributed by atoms with E-state index < -0.39 is 5.97 Å². The van der Waals surface area contributed by atoms with Gasteiger partial charge in [-0.2, -0.15) is 0 Å². The third-order valence-corrected chi connectivity index (χ3v) is 9.43. The number of nitrogens with zero attached hydrogens (tertiary/aromatic N) is 2. The third-order valence-electron chi connectivity index (χ3n) is 9.43. The first-order valence-corrected chi connectivity index (χ1v) is 18.1. The van der Waals surface area contributed by atoms with Crippen molar-refractivity contribution < 1.29 is 19.0 Å². The molecule has 270 valence electrons. The molecule has 0 aromatic heterocycles. The maximum atomic E-state index is 14.1. The van der Waals surface area contributed by atoms with E-state index in [0.717, 1.165) is 45.3 Å². The van der Waals surface area contributed by atoms with Crippen LogP contribution in [0.25, 0.3) is 12.2 Å². The summed E-state index contributed by atoms with van der Waals surface area (Å²) in [5.74, 6) is -1.68. The fraction of sp³-hybridized carbons (Fsp3) is 0.146. The molecule has 0 spiro atoms. The monoisotopic (exact) mass is 712 g/mol. The molecule has 0 amide bonds. The maximum absolute atomic E-state index is 14.1. The van der Waals surface area contributed by atoms with Crippen LogP contribution < -0.4 is 9.80 Å². The van der Waals surface area contributed by atoms with E-state index in [9.17, 15) is 4.79 Å². The lowest BCUT2D eigenvalue weighted by Crippen LogP contribution is -2.41. The Labute approximate surface area is 318 Å². The average Bonchev–Trinajstić information content (AvgIpc) is 3.17. The molecule has 0 N–H and O–H groups in total. The number of Topliss-reactive ketones (excluding diaryl/α,β-unsaturated/α-hetero) is 1. The second-order valence-electron chi connectivity index (χ2n) is 13.8. The summed E-state index contributed by atoms with van der Waals surface area (Å²) in [5.41, 5.74) is 12.3. The molecule has 6 aromatic carbocycles. The molecule has 7 rings (SSSR count). The standard InChI is InChI=1S/C48H44N2O4/c1-33-13-21-39(22-14-33)49(40-23-15-34(2)16-24-40)43-11-7-9-37(29-43)31-45-47(51)46(54-48(5,52-6)53-45)32-38-10-8-12-44(30-38)50(41-25-17-35(3)18-26-41)42-27-19-36(4)20-28-42/h7-32H,1-6H3/b45-31-,46-32-. The number of hydrogen-bond acceptors (Lipinski definition) is 6. The van der Waals surface area contributed by atoms with Crippen LogP contribution in [0.1, 0.15) is 40.3 Å². The third kappa shape index (κ3) is 7.99. The fourth-order valence-corrected chi connectivity index (χ4v) is 6.39. The highest BCUT2D eigenvalue weighted by atomic mass is 16.9. The molecule has 1 aliphatic rings. The first-order chi connectivity index (χ1) is 26.1. The van der Waals surface area contributed by atoms with E-state index in [1.54, 1.807) is 19.1 Å². The number of ether oxygens (including phenoxy) is 3. The topological polar surface area (TPSA) is 51.2 Å². The Kier molecular flexibility index (Phi) is 10.2. The van der Waals surface area contributed by atoms with Crippen molar-refractivity contribution in [1.29, 1.82) is 0 Å². The van der Waals surface area contributed by atoms with Crippen molar-refractivity contribution in [3.05, 3.63) is 190 Å². The molecule has 0 radical (unpaired) electrons. The second kappa shape index (κ2) is 15.3. The van der Waals surface area contributed by atoms with Crippen molar-refractivity contribution in [2.45, 2.75) is 40.6 Å². The number of hydrogen-bond donors (Lipinski definition) is 0. The van der Waals surface area contributed by atoms with E-state index in [1.807, 2.05) is 36.4 Å². The predicted molar refractivity (Wildman–Crippen MR) is 220 cm³/mol. The molecule has 0 bridgehead atoms. The summed E-state index contributed by atoms with van der Waals surface area (Å²) in [6, 6.07) is 49.8. The minimum Gasteiger partial charge on any atom is -0.426 e. The molecule has 1 saturated heterocycles. The number of rotatable bonds is 9. The van der Waals surface area contributed by atoms with Gasteiger partial charge in [-0.15, -0.1) is 0 Å². The molecule has 6 aromatic rings. The maximum Gasteiger partial charge on any atom is 0.368 e. The summed E-state index contributed by atoms with van der Waals surface area (Å²) in [6.07, 6.45) is 3.49. The number of carbonyl (C=O) groups excluding carboxylic acids is 1. The molecule has 1 fully saturated rings. The van der Waals surface area contributed by atoms with Gasteiger partial charge in [0.1, 0.15) is 0 Å². The van der Waals surface area contributed by atoms with Crippen LogP contribution >= 0.6 is 0 Å². The summed E-state index contributed by atoms with van der Waals surface area (Å²) in [5, 5.41) is 0. The number of carbonyl (C=O) groups is 1. The Balaban J connectivity index is 1.25. The van der Waals surface area contributed by atoms with Crippen LogP contribution in [0, 0.1) is 27.7 Å². The fourth-order valence-electron chi connectivity index (χ4n) is 6.39. The number of benzene rings is 6. The van der Waals surface area contributed by atoms with Gasteiger partial charge in [0.25, 0.3) is 5.78 Å². The van der Waals surface area contributed by atoms with Crippen LogP contribution in [0.4, 0.5) is 34.1 Å². The van der Waals surface area contributed by atoms with Crippen molar-refractivity contribution in [1.82, 2.24) is 0 Å². The smallest absolute Gasteiger partial charge is 0.368 e. The molecular formula is C48H44N2O4. The van der Waals surface area contributed by atoms with E-state index in [2.05, 4.69) is 147 Å². The largest absolute Gasteiger partial charge is 0.426 e. The Morgan fingerprint density at radius 2 is 0.796 bits per heavy atom. The SMILES string of the molecule is COC1(C)O/C(=C\c2cccc(N(c3ccc(C)cc3)c3ccc(C)cc3)c2)C(=O)/C(=C/c2cccc(N(c3ccc(C)cc3)c3ccc(C)cc3)c2)O1. The van der Waals surface area contributed by atoms with Gasteiger partial charge < -0.3 is 24.0 Å². The lowest BCUT2D eigenvalue weighted by molar-refractivity contribution is -0.334. The number of anilines is 6. The molecule has 0 atom stereocenters.